The van der Waals surface area contributed by atoms with E-state index < -0.39 is 0 Å². The Morgan fingerprint density at radius 2 is 2.24 bits per heavy atom. The van der Waals surface area contributed by atoms with Gasteiger partial charge in [0, 0.05) is 19.2 Å². The summed E-state index contributed by atoms with van der Waals surface area (Å²) in [5.74, 6) is -0.0910. The van der Waals surface area contributed by atoms with Crippen LogP contribution in [0.1, 0.15) is 39.0 Å². The Morgan fingerprint density at radius 3 is 2.82 bits per heavy atom. The second-order valence-corrected chi connectivity index (χ2v) is 4.93. The van der Waals surface area contributed by atoms with E-state index in [2.05, 4.69) is 4.90 Å². The number of hydrogen-bond acceptors (Lipinski definition) is 4. The van der Waals surface area contributed by atoms with Gasteiger partial charge in [0.25, 0.3) is 0 Å². The van der Waals surface area contributed by atoms with Crippen LogP contribution in [0.5, 0.6) is 0 Å². The Morgan fingerprint density at radius 1 is 1.41 bits per heavy atom. The third-order valence-electron chi connectivity index (χ3n) is 3.46. The highest BCUT2D eigenvalue weighted by molar-refractivity contribution is 5.71. The number of hydrogen-bond donors (Lipinski definition) is 0. The summed E-state index contributed by atoms with van der Waals surface area (Å²) < 4.78 is 10.6. The molecule has 1 atom stereocenters. The predicted molar refractivity (Wildman–Crippen MR) is 64.8 cm³/mol. The van der Waals surface area contributed by atoms with Crippen molar-refractivity contribution >= 4 is 5.97 Å². The lowest BCUT2D eigenvalue weighted by atomic mass is 10.2. The quantitative estimate of drug-likeness (QED) is 0.634. The predicted octanol–water partition coefficient (Wildman–Crippen LogP) is 1.58. The first-order chi connectivity index (χ1) is 8.29. The maximum atomic E-state index is 11.5. The first kappa shape index (κ1) is 12.8. The van der Waals surface area contributed by atoms with Crippen molar-refractivity contribution in [1.82, 2.24) is 4.90 Å². The minimum atomic E-state index is -0.0910. The fraction of sp³-hybridized carbons (Fsp3) is 0.923. The summed E-state index contributed by atoms with van der Waals surface area (Å²) >= 11 is 0. The maximum Gasteiger partial charge on any atom is 0.320 e. The molecule has 0 amide bonds. The van der Waals surface area contributed by atoms with Crippen LogP contribution in [-0.4, -0.2) is 49.3 Å². The van der Waals surface area contributed by atoms with Gasteiger partial charge in [0.15, 0.2) is 0 Å². The van der Waals surface area contributed by atoms with Crippen LogP contribution in [0, 0.1) is 0 Å². The third-order valence-corrected chi connectivity index (χ3v) is 3.46. The van der Waals surface area contributed by atoms with Crippen LogP contribution in [0.4, 0.5) is 0 Å². The summed E-state index contributed by atoms with van der Waals surface area (Å²) in [5.41, 5.74) is 0. The second-order valence-electron chi connectivity index (χ2n) is 4.93. The van der Waals surface area contributed by atoms with E-state index in [9.17, 15) is 4.79 Å². The van der Waals surface area contributed by atoms with Gasteiger partial charge in [0.2, 0.25) is 0 Å². The molecular weight excluding hydrogens is 218 g/mol. The first-order valence-corrected chi connectivity index (χ1v) is 6.81. The Labute approximate surface area is 103 Å². The van der Waals surface area contributed by atoms with Crippen molar-refractivity contribution in [2.24, 2.45) is 0 Å². The molecule has 2 fully saturated rings. The zero-order chi connectivity index (χ0) is 12.1. The summed E-state index contributed by atoms with van der Waals surface area (Å²) in [6, 6.07) is 0.612. The molecule has 0 N–H and O–H groups in total. The molecule has 0 bridgehead atoms. The van der Waals surface area contributed by atoms with Crippen molar-refractivity contribution in [2.75, 3.05) is 26.3 Å². The van der Waals surface area contributed by atoms with E-state index in [0.29, 0.717) is 25.3 Å². The Hall–Kier alpha value is -0.610. The average Bonchev–Trinajstić information content (AvgIpc) is 3.02. The summed E-state index contributed by atoms with van der Waals surface area (Å²) in [5, 5.41) is 0. The number of ether oxygens (including phenoxy) is 2. The van der Waals surface area contributed by atoms with Crippen LogP contribution >= 0.6 is 0 Å². The highest BCUT2D eigenvalue weighted by Crippen LogP contribution is 2.27. The summed E-state index contributed by atoms with van der Waals surface area (Å²) in [7, 11) is 0. The largest absolute Gasteiger partial charge is 0.465 e. The molecule has 4 heteroatoms. The van der Waals surface area contributed by atoms with Crippen molar-refractivity contribution in [1.29, 1.82) is 0 Å². The van der Waals surface area contributed by atoms with Crippen molar-refractivity contribution in [3.8, 4) is 0 Å². The lowest BCUT2D eigenvalue weighted by Crippen LogP contribution is -2.35. The molecule has 0 aromatic carbocycles. The van der Waals surface area contributed by atoms with Crippen LogP contribution in [0.15, 0.2) is 0 Å². The molecule has 0 spiro atoms. The standard InChI is InChI=1S/C13H23NO3/c1-2-16-13(15)10-14(11-5-6-11)8-7-12-4-3-9-17-12/h11-12H,2-10H2,1H3. The molecule has 1 saturated carbocycles. The molecule has 1 unspecified atom stereocenters. The van der Waals surface area contributed by atoms with Gasteiger partial charge in [-0.2, -0.15) is 0 Å². The smallest absolute Gasteiger partial charge is 0.320 e. The van der Waals surface area contributed by atoms with Gasteiger partial charge in [0.05, 0.1) is 19.3 Å². The van der Waals surface area contributed by atoms with Gasteiger partial charge in [-0.15, -0.1) is 0 Å². The summed E-state index contributed by atoms with van der Waals surface area (Å²) in [4.78, 5) is 13.8. The number of nitrogens with zero attached hydrogens (tertiary/aromatic N) is 1. The van der Waals surface area contributed by atoms with Gasteiger partial charge in [-0.25, -0.2) is 0 Å². The lowest BCUT2D eigenvalue weighted by molar-refractivity contribution is -0.144. The van der Waals surface area contributed by atoms with E-state index in [1.807, 2.05) is 6.92 Å². The average molecular weight is 241 g/mol. The number of carbonyl (C=O) groups excluding carboxylic acids is 1. The van der Waals surface area contributed by atoms with Gasteiger partial charge >= 0.3 is 5.97 Å². The summed E-state index contributed by atoms with van der Waals surface area (Å²) in [6.45, 7) is 4.65. The van der Waals surface area contributed by atoms with E-state index in [4.69, 9.17) is 9.47 Å². The maximum absolute atomic E-state index is 11.5. The molecule has 98 valence electrons. The molecule has 0 radical (unpaired) electrons. The van der Waals surface area contributed by atoms with E-state index in [0.717, 1.165) is 19.6 Å². The zero-order valence-electron chi connectivity index (χ0n) is 10.7. The van der Waals surface area contributed by atoms with Crippen LogP contribution < -0.4 is 0 Å². The van der Waals surface area contributed by atoms with Crippen LogP contribution in [0.2, 0.25) is 0 Å². The van der Waals surface area contributed by atoms with E-state index in [-0.39, 0.29) is 5.97 Å². The fourth-order valence-corrected chi connectivity index (χ4v) is 2.38. The summed E-state index contributed by atoms with van der Waals surface area (Å²) in [6.07, 6.45) is 6.29. The molecule has 17 heavy (non-hydrogen) atoms. The minimum Gasteiger partial charge on any atom is -0.465 e. The molecular formula is C13H23NO3. The van der Waals surface area contributed by atoms with Crippen molar-refractivity contribution in [3.05, 3.63) is 0 Å². The number of esters is 1. The monoisotopic (exact) mass is 241 g/mol. The highest BCUT2D eigenvalue weighted by Gasteiger charge is 2.31. The normalized spacial score (nSPS) is 24.2. The van der Waals surface area contributed by atoms with E-state index >= 15 is 0 Å². The molecule has 2 rings (SSSR count). The number of carbonyl (C=O) groups is 1. The van der Waals surface area contributed by atoms with Gasteiger partial charge in [-0.1, -0.05) is 0 Å². The molecule has 0 aromatic heterocycles. The van der Waals surface area contributed by atoms with Crippen LogP contribution in [-0.2, 0) is 14.3 Å². The van der Waals surface area contributed by atoms with E-state index in [1.54, 1.807) is 0 Å². The molecule has 1 heterocycles. The third kappa shape index (κ3) is 4.28. The molecule has 2 aliphatic rings. The first-order valence-electron chi connectivity index (χ1n) is 6.81. The minimum absolute atomic E-state index is 0.0910. The Bertz CT molecular complexity index is 247. The zero-order valence-corrected chi connectivity index (χ0v) is 10.7. The number of rotatable bonds is 7. The van der Waals surface area contributed by atoms with Crippen molar-refractivity contribution in [3.63, 3.8) is 0 Å². The van der Waals surface area contributed by atoms with Gasteiger partial charge < -0.3 is 9.47 Å². The van der Waals surface area contributed by atoms with E-state index in [1.165, 1.54) is 25.7 Å². The lowest BCUT2D eigenvalue weighted by Gasteiger charge is -2.22. The highest BCUT2D eigenvalue weighted by atomic mass is 16.5. The van der Waals surface area contributed by atoms with Crippen molar-refractivity contribution < 1.29 is 14.3 Å². The SMILES string of the molecule is CCOC(=O)CN(CCC1CCCO1)C1CC1. The van der Waals surface area contributed by atoms with Gasteiger partial charge in [-0.05, 0) is 39.0 Å². The molecule has 1 aliphatic heterocycles. The van der Waals surface area contributed by atoms with Crippen molar-refractivity contribution in [2.45, 2.75) is 51.2 Å². The van der Waals surface area contributed by atoms with Crippen LogP contribution in [0.3, 0.4) is 0 Å². The second kappa shape index (κ2) is 6.36. The Balaban J connectivity index is 1.70. The molecule has 1 aliphatic carbocycles. The van der Waals surface area contributed by atoms with Gasteiger partial charge in [-0.3, -0.25) is 9.69 Å². The fourth-order valence-electron chi connectivity index (χ4n) is 2.38. The molecule has 0 aromatic rings. The van der Waals surface area contributed by atoms with Gasteiger partial charge in [0.1, 0.15) is 0 Å². The van der Waals surface area contributed by atoms with Crippen LogP contribution in [0.25, 0.3) is 0 Å². The Kier molecular flexibility index (Phi) is 4.80. The topological polar surface area (TPSA) is 38.8 Å². The molecule has 1 saturated heterocycles. The molecule has 4 nitrogen and oxygen atoms in total.